The summed E-state index contributed by atoms with van der Waals surface area (Å²) in [6, 6.07) is 3.14. The van der Waals surface area contributed by atoms with Crippen molar-refractivity contribution in [3.8, 4) is 0 Å². The highest BCUT2D eigenvalue weighted by molar-refractivity contribution is 7.98. The Hall–Kier alpha value is -0.770. The van der Waals surface area contributed by atoms with E-state index in [-0.39, 0.29) is 0 Å². The Morgan fingerprint density at radius 2 is 2.50 bits per heavy atom. The van der Waals surface area contributed by atoms with E-state index in [2.05, 4.69) is 10.3 Å². The predicted molar refractivity (Wildman–Crippen MR) is 51.1 cm³/mol. The lowest BCUT2D eigenvalue weighted by Gasteiger charge is -2.03. The number of hydrogen-bond acceptors (Lipinski definition) is 3. The molecule has 0 bridgehead atoms. The van der Waals surface area contributed by atoms with Crippen molar-refractivity contribution in [1.82, 2.24) is 4.98 Å². The molecule has 12 heavy (non-hydrogen) atoms. The summed E-state index contributed by atoms with van der Waals surface area (Å²) in [7, 11) is 0. The number of rotatable bonds is 4. The highest BCUT2D eigenvalue weighted by Crippen LogP contribution is 2.06. The molecule has 1 aromatic rings. The average Bonchev–Trinajstić information content (AvgIpc) is 2.05. The van der Waals surface area contributed by atoms with Crippen LogP contribution in [0.5, 0.6) is 0 Å². The molecule has 0 unspecified atom stereocenters. The minimum atomic E-state index is -0.441. The van der Waals surface area contributed by atoms with Gasteiger partial charge in [-0.05, 0) is 12.3 Å². The van der Waals surface area contributed by atoms with Gasteiger partial charge in [-0.3, -0.25) is 0 Å². The maximum Gasteiger partial charge on any atom is 0.214 e. The molecule has 1 aromatic heterocycles. The number of pyridine rings is 1. The van der Waals surface area contributed by atoms with Crippen molar-refractivity contribution in [1.29, 1.82) is 0 Å². The molecule has 1 N–H and O–H groups in total. The Bertz CT molecular complexity index is 242. The van der Waals surface area contributed by atoms with Crippen molar-refractivity contribution in [2.45, 2.75) is 0 Å². The Kier molecular flexibility index (Phi) is 3.87. The SMILES string of the molecule is CSCCNc1ccnc(F)c1. The number of aromatic nitrogens is 1. The first-order valence-corrected chi connectivity index (χ1v) is 5.06. The van der Waals surface area contributed by atoms with E-state index in [1.165, 1.54) is 12.3 Å². The number of nitrogens with one attached hydrogen (secondary N) is 1. The molecule has 66 valence electrons. The molecule has 0 radical (unpaired) electrons. The van der Waals surface area contributed by atoms with Gasteiger partial charge < -0.3 is 5.32 Å². The Labute approximate surface area is 75.6 Å². The van der Waals surface area contributed by atoms with E-state index in [0.717, 1.165) is 18.0 Å². The second kappa shape index (κ2) is 4.98. The fourth-order valence-corrected chi connectivity index (χ4v) is 1.12. The van der Waals surface area contributed by atoms with Gasteiger partial charge in [-0.25, -0.2) is 4.98 Å². The van der Waals surface area contributed by atoms with Crippen LogP contribution in [0.25, 0.3) is 0 Å². The van der Waals surface area contributed by atoms with Gasteiger partial charge in [-0.2, -0.15) is 16.2 Å². The highest BCUT2D eigenvalue weighted by Gasteiger charge is 1.93. The number of thioether (sulfide) groups is 1. The summed E-state index contributed by atoms with van der Waals surface area (Å²) < 4.78 is 12.5. The smallest absolute Gasteiger partial charge is 0.214 e. The van der Waals surface area contributed by atoms with E-state index < -0.39 is 5.95 Å². The minimum Gasteiger partial charge on any atom is -0.384 e. The van der Waals surface area contributed by atoms with Crippen LogP contribution in [0.1, 0.15) is 0 Å². The van der Waals surface area contributed by atoms with E-state index in [1.807, 2.05) is 6.26 Å². The summed E-state index contributed by atoms with van der Waals surface area (Å²) in [6.07, 6.45) is 3.49. The van der Waals surface area contributed by atoms with Gasteiger partial charge in [-0.15, -0.1) is 0 Å². The summed E-state index contributed by atoms with van der Waals surface area (Å²) >= 11 is 1.75. The zero-order valence-corrected chi connectivity index (χ0v) is 7.70. The number of nitrogens with zero attached hydrogens (tertiary/aromatic N) is 1. The van der Waals surface area contributed by atoms with E-state index >= 15 is 0 Å². The first kappa shape index (κ1) is 9.32. The quantitative estimate of drug-likeness (QED) is 0.575. The molecular weight excluding hydrogens is 175 g/mol. The van der Waals surface area contributed by atoms with Gasteiger partial charge in [0.25, 0.3) is 0 Å². The first-order valence-electron chi connectivity index (χ1n) is 3.67. The van der Waals surface area contributed by atoms with Crippen LogP contribution >= 0.6 is 11.8 Å². The monoisotopic (exact) mass is 186 g/mol. The van der Waals surface area contributed by atoms with Gasteiger partial charge in [0, 0.05) is 30.2 Å². The topological polar surface area (TPSA) is 24.9 Å². The molecule has 1 heterocycles. The predicted octanol–water partition coefficient (Wildman–Crippen LogP) is 2.00. The molecule has 2 nitrogen and oxygen atoms in total. The van der Waals surface area contributed by atoms with Crippen LogP contribution in [0.3, 0.4) is 0 Å². The maximum atomic E-state index is 12.5. The van der Waals surface area contributed by atoms with Crippen LogP contribution in [0.15, 0.2) is 18.3 Å². The molecule has 0 saturated heterocycles. The maximum absolute atomic E-state index is 12.5. The van der Waals surface area contributed by atoms with Gasteiger partial charge in [0.1, 0.15) is 0 Å². The summed E-state index contributed by atoms with van der Waals surface area (Å²) in [4.78, 5) is 3.46. The van der Waals surface area contributed by atoms with Gasteiger partial charge in [0.05, 0.1) is 0 Å². The zero-order valence-electron chi connectivity index (χ0n) is 6.88. The molecule has 1 rings (SSSR count). The van der Waals surface area contributed by atoms with Crippen molar-refractivity contribution >= 4 is 17.4 Å². The third kappa shape index (κ3) is 3.09. The van der Waals surface area contributed by atoms with Gasteiger partial charge in [0.2, 0.25) is 5.95 Å². The van der Waals surface area contributed by atoms with Crippen LogP contribution < -0.4 is 5.32 Å². The second-order valence-electron chi connectivity index (χ2n) is 2.29. The fourth-order valence-electron chi connectivity index (χ4n) is 0.810. The third-order valence-electron chi connectivity index (χ3n) is 1.36. The summed E-state index contributed by atoms with van der Waals surface area (Å²) in [5.74, 6) is 0.577. The van der Waals surface area contributed by atoms with E-state index in [0.29, 0.717) is 0 Å². The van der Waals surface area contributed by atoms with E-state index in [1.54, 1.807) is 17.8 Å². The molecule has 0 aromatic carbocycles. The van der Waals surface area contributed by atoms with Crippen molar-refractivity contribution in [3.63, 3.8) is 0 Å². The van der Waals surface area contributed by atoms with E-state index in [9.17, 15) is 4.39 Å². The molecule has 0 aliphatic heterocycles. The Morgan fingerprint density at radius 1 is 1.67 bits per heavy atom. The average molecular weight is 186 g/mol. The molecule has 0 fully saturated rings. The zero-order chi connectivity index (χ0) is 8.81. The van der Waals surface area contributed by atoms with Gasteiger partial charge >= 0.3 is 0 Å². The summed E-state index contributed by atoms with van der Waals surface area (Å²) in [6.45, 7) is 0.852. The molecule has 0 saturated carbocycles. The lowest BCUT2D eigenvalue weighted by atomic mass is 10.4. The number of hydrogen-bond donors (Lipinski definition) is 1. The van der Waals surface area contributed by atoms with Crippen LogP contribution in [-0.4, -0.2) is 23.5 Å². The lowest BCUT2D eigenvalue weighted by Crippen LogP contribution is -2.03. The first-order chi connectivity index (χ1) is 5.83. The largest absolute Gasteiger partial charge is 0.384 e. The van der Waals surface area contributed by atoms with Gasteiger partial charge in [-0.1, -0.05) is 0 Å². The fraction of sp³-hybridized carbons (Fsp3) is 0.375. The van der Waals surface area contributed by atoms with E-state index in [4.69, 9.17) is 0 Å². The minimum absolute atomic E-state index is 0.441. The Morgan fingerprint density at radius 3 is 3.17 bits per heavy atom. The number of anilines is 1. The molecular formula is C8H11FN2S. The lowest BCUT2D eigenvalue weighted by molar-refractivity contribution is 0.584. The molecule has 0 spiro atoms. The third-order valence-corrected chi connectivity index (χ3v) is 1.97. The van der Waals surface area contributed by atoms with Gasteiger partial charge in [0.15, 0.2) is 0 Å². The molecule has 0 atom stereocenters. The standard InChI is InChI=1S/C8H11FN2S/c1-12-5-4-10-7-2-3-11-8(9)6-7/h2-3,6H,4-5H2,1H3,(H,10,11). The summed E-state index contributed by atoms with van der Waals surface area (Å²) in [5, 5.41) is 3.09. The normalized spacial score (nSPS) is 9.83. The molecule has 0 aliphatic rings. The van der Waals surface area contributed by atoms with Crippen LogP contribution in [-0.2, 0) is 0 Å². The van der Waals surface area contributed by atoms with Crippen LogP contribution in [0.2, 0.25) is 0 Å². The summed E-state index contributed by atoms with van der Waals surface area (Å²) in [5.41, 5.74) is 0.788. The molecule has 4 heteroatoms. The molecule has 0 aliphatic carbocycles. The van der Waals surface area contributed by atoms with Crippen molar-refractivity contribution in [2.75, 3.05) is 23.9 Å². The number of halogens is 1. The van der Waals surface area contributed by atoms with Crippen molar-refractivity contribution in [3.05, 3.63) is 24.3 Å². The van der Waals surface area contributed by atoms with Crippen LogP contribution in [0.4, 0.5) is 10.1 Å². The van der Waals surface area contributed by atoms with Crippen LogP contribution in [0, 0.1) is 5.95 Å². The Balaban J connectivity index is 2.41. The second-order valence-corrected chi connectivity index (χ2v) is 3.27. The van der Waals surface area contributed by atoms with Crippen molar-refractivity contribution < 1.29 is 4.39 Å². The highest BCUT2D eigenvalue weighted by atomic mass is 32.2. The van der Waals surface area contributed by atoms with Crippen molar-refractivity contribution in [2.24, 2.45) is 0 Å². The molecule has 0 amide bonds.